The lowest BCUT2D eigenvalue weighted by Crippen LogP contribution is -2.17. The lowest BCUT2D eigenvalue weighted by atomic mass is 10.1. The summed E-state index contributed by atoms with van der Waals surface area (Å²) in [6, 6.07) is 11.7. The first-order valence-corrected chi connectivity index (χ1v) is 7.43. The highest BCUT2D eigenvalue weighted by molar-refractivity contribution is 5.95. The van der Waals surface area contributed by atoms with Crippen LogP contribution in [0.3, 0.4) is 0 Å². The fraction of sp³-hybridized carbons (Fsp3) is 0.333. The molecule has 22 heavy (non-hydrogen) atoms. The van der Waals surface area contributed by atoms with Crippen molar-refractivity contribution in [3.05, 3.63) is 53.3 Å². The van der Waals surface area contributed by atoms with E-state index in [1.54, 1.807) is 18.2 Å². The Morgan fingerprint density at radius 3 is 2.77 bits per heavy atom. The van der Waals surface area contributed by atoms with Crippen LogP contribution in [0.1, 0.15) is 41.9 Å². The molecule has 1 N–H and O–H groups in total. The molecule has 0 spiro atoms. The summed E-state index contributed by atoms with van der Waals surface area (Å²) in [7, 11) is 2.04. The second-order valence-electron chi connectivity index (χ2n) is 5.62. The molecule has 4 heteroatoms. The van der Waals surface area contributed by atoms with Crippen LogP contribution in [0.25, 0.3) is 0 Å². The van der Waals surface area contributed by atoms with Crippen molar-refractivity contribution in [1.29, 1.82) is 5.26 Å². The number of benzene rings is 1. The Balaban J connectivity index is 2.05. The topological polar surface area (TPSA) is 57.8 Å². The van der Waals surface area contributed by atoms with Crippen molar-refractivity contribution in [2.24, 2.45) is 7.05 Å². The van der Waals surface area contributed by atoms with Gasteiger partial charge in [-0.3, -0.25) is 4.79 Å². The first-order chi connectivity index (χ1) is 10.5. The number of aromatic nitrogens is 1. The van der Waals surface area contributed by atoms with E-state index >= 15 is 0 Å². The van der Waals surface area contributed by atoms with E-state index in [2.05, 4.69) is 28.9 Å². The maximum atomic E-state index is 11.5. The first-order valence-electron chi connectivity index (χ1n) is 7.43. The van der Waals surface area contributed by atoms with Gasteiger partial charge in [0.1, 0.15) is 6.07 Å². The molecule has 0 aliphatic carbocycles. The molecule has 1 atom stereocenters. The zero-order valence-electron chi connectivity index (χ0n) is 13.3. The normalized spacial score (nSPS) is 11.7. The number of hydrogen-bond donors (Lipinski definition) is 1. The summed E-state index contributed by atoms with van der Waals surface area (Å²) in [6.07, 6.45) is 3.95. The minimum Gasteiger partial charge on any atom is -0.381 e. The van der Waals surface area contributed by atoms with Crippen LogP contribution in [-0.2, 0) is 13.5 Å². The second-order valence-corrected chi connectivity index (χ2v) is 5.62. The van der Waals surface area contributed by atoms with Crippen molar-refractivity contribution in [2.75, 3.05) is 5.32 Å². The average molecular weight is 295 g/mol. The Bertz CT molecular complexity index is 709. The molecule has 1 unspecified atom stereocenters. The molecule has 1 aromatic heterocycles. The number of carbonyl (C=O) groups is 1. The number of rotatable bonds is 6. The van der Waals surface area contributed by atoms with Crippen molar-refractivity contribution >= 4 is 11.5 Å². The van der Waals surface area contributed by atoms with E-state index in [4.69, 9.17) is 0 Å². The molecule has 2 aromatic rings. The SMILES string of the molecule is CC(=O)c1ccc(C#N)c(NC(C)CCc2cccn2C)c1. The first kappa shape index (κ1) is 15.8. The number of nitrogens with zero attached hydrogens (tertiary/aromatic N) is 2. The zero-order chi connectivity index (χ0) is 16.1. The van der Waals surface area contributed by atoms with E-state index in [0.717, 1.165) is 18.5 Å². The molecule has 0 aliphatic heterocycles. The van der Waals surface area contributed by atoms with Crippen molar-refractivity contribution in [3.63, 3.8) is 0 Å². The summed E-state index contributed by atoms with van der Waals surface area (Å²) in [4.78, 5) is 11.5. The van der Waals surface area contributed by atoms with Gasteiger partial charge in [-0.1, -0.05) is 0 Å². The number of nitrogens with one attached hydrogen (secondary N) is 1. The van der Waals surface area contributed by atoms with E-state index in [1.807, 2.05) is 19.3 Å². The van der Waals surface area contributed by atoms with Gasteiger partial charge in [-0.25, -0.2) is 0 Å². The Kier molecular flexibility index (Phi) is 5.00. The van der Waals surface area contributed by atoms with Gasteiger partial charge < -0.3 is 9.88 Å². The minimum absolute atomic E-state index is 0.00371. The van der Waals surface area contributed by atoms with Crippen LogP contribution in [0.15, 0.2) is 36.5 Å². The van der Waals surface area contributed by atoms with Gasteiger partial charge in [-0.2, -0.15) is 5.26 Å². The third-order valence-corrected chi connectivity index (χ3v) is 3.83. The lowest BCUT2D eigenvalue weighted by Gasteiger charge is -2.17. The van der Waals surface area contributed by atoms with Crippen LogP contribution in [0, 0.1) is 11.3 Å². The summed E-state index contributed by atoms with van der Waals surface area (Å²) in [6.45, 7) is 3.62. The Hall–Kier alpha value is -2.54. The van der Waals surface area contributed by atoms with Crippen LogP contribution >= 0.6 is 0 Å². The second kappa shape index (κ2) is 6.95. The third-order valence-electron chi connectivity index (χ3n) is 3.83. The van der Waals surface area contributed by atoms with Crippen molar-refractivity contribution in [3.8, 4) is 6.07 Å². The van der Waals surface area contributed by atoms with E-state index < -0.39 is 0 Å². The highest BCUT2D eigenvalue weighted by Crippen LogP contribution is 2.19. The molecule has 0 amide bonds. The predicted molar refractivity (Wildman–Crippen MR) is 88.0 cm³/mol. The van der Waals surface area contributed by atoms with Gasteiger partial charge in [-0.05, 0) is 57.0 Å². The van der Waals surface area contributed by atoms with Gasteiger partial charge >= 0.3 is 0 Å². The largest absolute Gasteiger partial charge is 0.381 e. The minimum atomic E-state index is 0.00371. The quantitative estimate of drug-likeness (QED) is 0.829. The molecule has 0 aliphatic rings. The highest BCUT2D eigenvalue weighted by atomic mass is 16.1. The Labute approximate surface area is 131 Å². The summed E-state index contributed by atoms with van der Waals surface area (Å²) >= 11 is 0. The smallest absolute Gasteiger partial charge is 0.159 e. The molecular formula is C18H21N3O. The highest BCUT2D eigenvalue weighted by Gasteiger charge is 2.10. The van der Waals surface area contributed by atoms with Gasteiger partial charge in [0, 0.05) is 30.5 Å². The van der Waals surface area contributed by atoms with Gasteiger partial charge in [-0.15, -0.1) is 0 Å². The van der Waals surface area contributed by atoms with Crippen LogP contribution in [0.5, 0.6) is 0 Å². The molecule has 1 aromatic carbocycles. The van der Waals surface area contributed by atoms with Crippen molar-refractivity contribution < 1.29 is 4.79 Å². The summed E-state index contributed by atoms with van der Waals surface area (Å²) < 4.78 is 2.11. The molecule has 0 saturated heterocycles. The van der Waals surface area contributed by atoms with Gasteiger partial charge in [0.15, 0.2) is 5.78 Å². The summed E-state index contributed by atoms with van der Waals surface area (Å²) in [5, 5.41) is 12.6. The molecule has 0 bridgehead atoms. The van der Waals surface area contributed by atoms with Crippen LogP contribution in [0.4, 0.5) is 5.69 Å². The fourth-order valence-electron chi connectivity index (χ4n) is 2.44. The number of carbonyl (C=O) groups excluding carboxylic acids is 1. The molecule has 0 radical (unpaired) electrons. The van der Waals surface area contributed by atoms with Crippen molar-refractivity contribution in [1.82, 2.24) is 4.57 Å². The predicted octanol–water partition coefficient (Wildman–Crippen LogP) is 3.53. The third kappa shape index (κ3) is 3.76. The van der Waals surface area contributed by atoms with E-state index in [9.17, 15) is 10.1 Å². The number of ketones is 1. The molecule has 114 valence electrons. The fourth-order valence-corrected chi connectivity index (χ4v) is 2.44. The van der Waals surface area contributed by atoms with Gasteiger partial charge in [0.05, 0.1) is 11.3 Å². The summed E-state index contributed by atoms with van der Waals surface area (Å²) in [5.74, 6) is 0.00371. The standard InChI is InChI=1S/C18H21N3O/c1-13(6-9-17-5-4-10-21(17)3)20-18-11-15(14(2)22)7-8-16(18)12-19/h4-5,7-8,10-11,13,20H,6,9H2,1-3H3. The van der Waals surface area contributed by atoms with E-state index in [0.29, 0.717) is 11.1 Å². The lowest BCUT2D eigenvalue weighted by molar-refractivity contribution is 0.101. The number of hydrogen-bond acceptors (Lipinski definition) is 3. The van der Waals surface area contributed by atoms with Gasteiger partial charge in [0.25, 0.3) is 0 Å². The van der Waals surface area contributed by atoms with Crippen LogP contribution in [-0.4, -0.2) is 16.4 Å². The number of anilines is 1. The number of nitriles is 1. The maximum Gasteiger partial charge on any atom is 0.159 e. The zero-order valence-corrected chi connectivity index (χ0v) is 13.3. The number of Topliss-reactive ketones (excluding diaryl/α,β-unsaturated/α-hetero) is 1. The van der Waals surface area contributed by atoms with E-state index in [1.165, 1.54) is 12.6 Å². The average Bonchev–Trinajstić information content (AvgIpc) is 2.90. The molecular weight excluding hydrogens is 274 g/mol. The number of aryl methyl sites for hydroxylation is 2. The molecule has 0 saturated carbocycles. The van der Waals surface area contributed by atoms with Crippen molar-refractivity contribution in [2.45, 2.75) is 32.7 Å². The molecule has 2 rings (SSSR count). The molecule has 0 fully saturated rings. The molecule has 1 heterocycles. The molecule has 4 nitrogen and oxygen atoms in total. The van der Waals surface area contributed by atoms with Crippen LogP contribution in [0.2, 0.25) is 0 Å². The Morgan fingerprint density at radius 2 is 2.18 bits per heavy atom. The summed E-state index contributed by atoms with van der Waals surface area (Å²) in [5.41, 5.74) is 3.20. The maximum absolute atomic E-state index is 11.5. The Morgan fingerprint density at radius 1 is 1.41 bits per heavy atom. The van der Waals surface area contributed by atoms with Crippen LogP contribution < -0.4 is 5.32 Å². The van der Waals surface area contributed by atoms with E-state index in [-0.39, 0.29) is 11.8 Å². The monoisotopic (exact) mass is 295 g/mol. The van der Waals surface area contributed by atoms with Gasteiger partial charge in [0.2, 0.25) is 0 Å².